The van der Waals surface area contributed by atoms with Crippen molar-refractivity contribution < 1.29 is 18.7 Å². The van der Waals surface area contributed by atoms with E-state index in [-0.39, 0.29) is 6.42 Å². The fraction of sp³-hybridized carbons (Fsp3) is 0.889. The summed E-state index contributed by atoms with van der Waals surface area (Å²) in [4.78, 5) is 10.7. The zero-order valence-corrected chi connectivity index (χ0v) is 10.3. The second kappa shape index (κ2) is 4.59. The van der Waals surface area contributed by atoms with Crippen LogP contribution in [0.2, 0.25) is 0 Å². The van der Waals surface area contributed by atoms with Crippen molar-refractivity contribution in [2.75, 3.05) is 0 Å². The van der Waals surface area contributed by atoms with Gasteiger partial charge in [0.25, 0.3) is 0 Å². The molecule has 0 aromatic heterocycles. The minimum absolute atomic E-state index is 0.198. The number of rotatable bonds is 5. The summed E-state index contributed by atoms with van der Waals surface area (Å²) in [6.07, 6.45) is 0.198. The third-order valence-corrected chi connectivity index (χ3v) is 3.49. The van der Waals surface area contributed by atoms with E-state index >= 15 is 0 Å². The highest BCUT2D eigenvalue weighted by Crippen LogP contribution is 2.33. The Morgan fingerprint density at radius 1 is 1.47 bits per heavy atom. The van der Waals surface area contributed by atoms with Crippen LogP contribution in [0, 0.1) is 5.41 Å². The topological polar surface area (TPSA) is 103 Å². The largest absolute Gasteiger partial charge is 0.772 e. The highest BCUT2D eigenvalue weighted by atomic mass is 32.2. The number of carboxylic acid groups (broad SMARTS) is 1. The molecule has 0 aromatic rings. The lowest BCUT2D eigenvalue weighted by Crippen LogP contribution is -2.48. The van der Waals surface area contributed by atoms with Crippen LogP contribution in [0.15, 0.2) is 0 Å². The molecule has 0 bridgehead atoms. The van der Waals surface area contributed by atoms with Gasteiger partial charge in [-0.15, -0.1) is 0 Å². The molecule has 0 amide bonds. The van der Waals surface area contributed by atoms with Gasteiger partial charge < -0.3 is 15.4 Å². The van der Waals surface area contributed by atoms with Crippen molar-refractivity contribution >= 4 is 17.0 Å². The Morgan fingerprint density at radius 3 is 2.13 bits per heavy atom. The summed E-state index contributed by atoms with van der Waals surface area (Å²) in [5, 5.41) is 8.77. The molecule has 2 atom stereocenters. The van der Waals surface area contributed by atoms with Gasteiger partial charge in [-0.1, -0.05) is 13.8 Å². The Balaban J connectivity index is 4.78. The van der Waals surface area contributed by atoms with E-state index in [2.05, 4.69) is 0 Å². The maximum atomic E-state index is 10.9. The molecule has 6 heteroatoms. The van der Waals surface area contributed by atoms with Crippen LogP contribution in [0.4, 0.5) is 0 Å². The molecule has 90 valence electrons. The van der Waals surface area contributed by atoms with Gasteiger partial charge in [0.2, 0.25) is 0 Å². The third kappa shape index (κ3) is 3.89. The van der Waals surface area contributed by atoms with Crippen molar-refractivity contribution in [2.24, 2.45) is 11.1 Å². The van der Waals surface area contributed by atoms with Gasteiger partial charge in [-0.2, -0.15) is 0 Å². The van der Waals surface area contributed by atoms with Gasteiger partial charge >= 0.3 is 5.97 Å². The Hall–Kier alpha value is -0.460. The summed E-state index contributed by atoms with van der Waals surface area (Å²) in [6.45, 7) is 6.40. The predicted octanol–water partition coefficient (Wildman–Crippen LogP) is 0.472. The molecule has 0 rings (SSSR count). The molecule has 0 aliphatic heterocycles. The van der Waals surface area contributed by atoms with Crippen LogP contribution in [0.5, 0.6) is 0 Å². The van der Waals surface area contributed by atoms with Crippen molar-refractivity contribution in [1.82, 2.24) is 0 Å². The average Bonchev–Trinajstić information content (AvgIpc) is 2.00. The van der Waals surface area contributed by atoms with E-state index in [9.17, 15) is 13.6 Å². The summed E-state index contributed by atoms with van der Waals surface area (Å²) in [7, 11) is 0. The van der Waals surface area contributed by atoms with Crippen LogP contribution < -0.4 is 5.73 Å². The first kappa shape index (κ1) is 14.5. The number of nitrogens with two attached hydrogens (primary N) is 1. The van der Waals surface area contributed by atoms with E-state index in [0.717, 1.165) is 0 Å². The average molecular weight is 236 g/mol. The maximum absolute atomic E-state index is 10.9. The van der Waals surface area contributed by atoms with E-state index in [4.69, 9.17) is 10.8 Å². The predicted molar refractivity (Wildman–Crippen MR) is 57.0 cm³/mol. The summed E-state index contributed by atoms with van der Waals surface area (Å²) < 4.78 is 20.8. The van der Waals surface area contributed by atoms with Gasteiger partial charge in [0.15, 0.2) is 0 Å². The van der Waals surface area contributed by atoms with Crippen LogP contribution in [0.1, 0.15) is 34.1 Å². The second-order valence-electron chi connectivity index (χ2n) is 4.98. The van der Waals surface area contributed by atoms with E-state index in [0.29, 0.717) is 0 Å². The van der Waals surface area contributed by atoms with E-state index in [1.165, 1.54) is 0 Å². The van der Waals surface area contributed by atoms with E-state index < -0.39 is 33.3 Å². The first-order valence-corrected chi connectivity index (χ1v) is 5.66. The number of carbonyl (C=O) groups is 1. The molecule has 5 nitrogen and oxygen atoms in total. The van der Waals surface area contributed by atoms with Gasteiger partial charge in [0, 0.05) is 4.75 Å². The Kier molecular flexibility index (Phi) is 4.45. The van der Waals surface area contributed by atoms with E-state index in [1.807, 2.05) is 0 Å². The molecule has 0 saturated heterocycles. The van der Waals surface area contributed by atoms with E-state index in [1.54, 1.807) is 27.7 Å². The molecule has 0 spiro atoms. The molecule has 0 aromatic carbocycles. The molecule has 0 heterocycles. The lowest BCUT2D eigenvalue weighted by molar-refractivity contribution is -0.141. The van der Waals surface area contributed by atoms with Crippen molar-refractivity contribution in [1.29, 1.82) is 0 Å². The minimum atomic E-state index is -2.25. The molecule has 15 heavy (non-hydrogen) atoms. The van der Waals surface area contributed by atoms with Gasteiger partial charge in [-0.25, -0.2) is 0 Å². The second-order valence-corrected chi connectivity index (χ2v) is 6.55. The Bertz CT molecular complexity index is 275. The molecule has 0 radical (unpaired) electrons. The summed E-state index contributed by atoms with van der Waals surface area (Å²) in [6, 6.07) is -1.07. The van der Waals surface area contributed by atoms with Gasteiger partial charge in [-0.3, -0.25) is 9.00 Å². The van der Waals surface area contributed by atoms with Crippen LogP contribution in [0.3, 0.4) is 0 Å². The molecular weight excluding hydrogens is 218 g/mol. The van der Waals surface area contributed by atoms with Crippen LogP contribution in [-0.2, 0) is 15.9 Å². The zero-order valence-electron chi connectivity index (χ0n) is 9.44. The maximum Gasteiger partial charge on any atom is 0.321 e. The minimum Gasteiger partial charge on any atom is -0.772 e. The van der Waals surface area contributed by atoms with Gasteiger partial charge in [0.1, 0.15) is 6.04 Å². The number of aliphatic carboxylic acids is 1. The SMILES string of the molecule is CC(C)(CC(C)(C)S(=O)[O-])C(N)C(=O)O. The highest BCUT2D eigenvalue weighted by Gasteiger charge is 2.37. The fourth-order valence-electron chi connectivity index (χ4n) is 1.60. The first-order chi connectivity index (χ1) is 6.50. The molecule has 3 N–H and O–H groups in total. The van der Waals surface area contributed by atoms with Crippen molar-refractivity contribution in [3.05, 3.63) is 0 Å². The summed E-state index contributed by atoms with van der Waals surface area (Å²) in [5.41, 5.74) is 4.73. The molecular formula is C9H18NO4S-. The number of hydrogen-bond acceptors (Lipinski definition) is 4. The Morgan fingerprint density at radius 2 is 1.87 bits per heavy atom. The standard InChI is InChI=1S/C9H19NO4S/c1-8(2,6(10)7(11)12)5-9(3,4)15(13)14/h6H,5,10H2,1-4H3,(H,11,12)(H,13,14)/p-1. The Labute approximate surface area is 92.3 Å². The molecule has 0 aliphatic rings. The van der Waals surface area contributed by atoms with Crippen LogP contribution in [0.25, 0.3) is 0 Å². The lowest BCUT2D eigenvalue weighted by Gasteiger charge is -2.38. The van der Waals surface area contributed by atoms with Crippen LogP contribution >= 0.6 is 0 Å². The lowest BCUT2D eigenvalue weighted by atomic mass is 9.77. The molecule has 2 unspecified atom stereocenters. The monoisotopic (exact) mass is 236 g/mol. The van der Waals surface area contributed by atoms with Crippen molar-refractivity contribution in [2.45, 2.75) is 44.9 Å². The normalized spacial score (nSPS) is 17.2. The number of hydrogen-bond donors (Lipinski definition) is 2. The highest BCUT2D eigenvalue weighted by molar-refractivity contribution is 7.80. The number of carboxylic acids is 1. The molecule has 0 saturated carbocycles. The van der Waals surface area contributed by atoms with Crippen molar-refractivity contribution in [3.63, 3.8) is 0 Å². The molecule has 0 fully saturated rings. The smallest absolute Gasteiger partial charge is 0.321 e. The van der Waals surface area contributed by atoms with Gasteiger partial charge in [-0.05, 0) is 36.8 Å². The summed E-state index contributed by atoms with van der Waals surface area (Å²) >= 11 is -2.25. The zero-order chi connectivity index (χ0) is 12.4. The third-order valence-electron chi connectivity index (χ3n) is 2.44. The summed E-state index contributed by atoms with van der Waals surface area (Å²) in [5.74, 6) is -1.12. The quantitative estimate of drug-likeness (QED) is 0.675. The van der Waals surface area contributed by atoms with Crippen molar-refractivity contribution in [3.8, 4) is 0 Å². The fourth-order valence-corrected chi connectivity index (χ4v) is 2.09. The molecule has 0 aliphatic carbocycles. The van der Waals surface area contributed by atoms with Crippen LogP contribution in [-0.4, -0.2) is 30.6 Å². The first-order valence-electron chi connectivity index (χ1n) is 4.58. The van der Waals surface area contributed by atoms with Gasteiger partial charge in [0.05, 0.1) is 0 Å².